The highest BCUT2D eigenvalue weighted by Crippen LogP contribution is 2.64. The molecule has 0 heterocycles. The lowest BCUT2D eigenvalue weighted by Crippen LogP contribution is -2.27. The zero-order valence-corrected chi connectivity index (χ0v) is 25.0. The van der Waals surface area contributed by atoms with Gasteiger partial charge in [0.05, 0.1) is 11.3 Å². The van der Waals surface area contributed by atoms with Gasteiger partial charge >= 0.3 is 5.97 Å². The van der Waals surface area contributed by atoms with Gasteiger partial charge in [0.2, 0.25) is 0 Å². The van der Waals surface area contributed by atoms with Crippen molar-refractivity contribution in [2.24, 2.45) is 0 Å². The second-order valence-corrected chi connectivity index (χ2v) is 13.3. The van der Waals surface area contributed by atoms with Gasteiger partial charge in [-0.05, 0) is 119 Å². The van der Waals surface area contributed by atoms with Gasteiger partial charge in [-0.2, -0.15) is 0 Å². The highest BCUT2D eigenvalue weighted by molar-refractivity contribution is 5.87. The molecule has 0 aromatic heterocycles. The monoisotopic (exact) mass is 563 g/mol. The Hall–Kier alpha value is -4.45. The van der Waals surface area contributed by atoms with Gasteiger partial charge in [-0.25, -0.2) is 4.79 Å². The lowest BCUT2D eigenvalue weighted by atomic mass is 9.72. The number of aromatic hydroxyl groups is 1. The SMILES string of the molecule is Cc1cc2c(cc1Oc1ccc(C(=O)O)cc1)C(C)(C)CC21CC(C)(C)c2cc(C)c(Oc3ccc(N)c(O)c3)cc21. The van der Waals surface area contributed by atoms with E-state index in [1.54, 1.807) is 42.5 Å². The molecular weight excluding hydrogens is 526 g/mol. The van der Waals surface area contributed by atoms with E-state index in [1.807, 2.05) is 0 Å². The highest BCUT2D eigenvalue weighted by atomic mass is 16.5. The van der Waals surface area contributed by atoms with Crippen LogP contribution >= 0.6 is 0 Å². The predicted octanol–water partition coefficient (Wildman–Crippen LogP) is 8.52. The number of carboxylic acids is 1. The fourth-order valence-electron chi connectivity index (χ4n) is 7.30. The normalized spacial score (nSPS) is 19.4. The van der Waals surface area contributed by atoms with E-state index in [-0.39, 0.29) is 27.6 Å². The molecule has 1 unspecified atom stereocenters. The van der Waals surface area contributed by atoms with Crippen molar-refractivity contribution in [1.82, 2.24) is 0 Å². The predicted molar refractivity (Wildman–Crippen MR) is 164 cm³/mol. The van der Waals surface area contributed by atoms with Crippen LogP contribution in [-0.4, -0.2) is 16.2 Å². The number of aryl methyl sites for hydroxylation is 2. The minimum absolute atomic E-state index is 0.00159. The molecule has 0 fully saturated rings. The van der Waals surface area contributed by atoms with Crippen LogP contribution in [0.3, 0.4) is 0 Å². The van der Waals surface area contributed by atoms with Crippen molar-refractivity contribution >= 4 is 11.7 Å². The van der Waals surface area contributed by atoms with Crippen LogP contribution in [0.4, 0.5) is 5.69 Å². The van der Waals surface area contributed by atoms with E-state index in [2.05, 4.69) is 65.8 Å². The topological polar surface area (TPSA) is 102 Å². The molecule has 0 amide bonds. The van der Waals surface area contributed by atoms with E-state index >= 15 is 0 Å². The molecule has 0 aliphatic heterocycles. The lowest BCUT2D eigenvalue weighted by molar-refractivity contribution is 0.0697. The summed E-state index contributed by atoms with van der Waals surface area (Å²) in [7, 11) is 0. The molecule has 4 N–H and O–H groups in total. The first kappa shape index (κ1) is 27.7. The van der Waals surface area contributed by atoms with Crippen molar-refractivity contribution in [1.29, 1.82) is 0 Å². The number of carbonyl (C=O) groups is 1. The lowest BCUT2D eigenvalue weighted by Gasteiger charge is -2.31. The molecule has 6 rings (SSSR count). The Labute approximate surface area is 246 Å². The molecule has 216 valence electrons. The summed E-state index contributed by atoms with van der Waals surface area (Å²) in [5.41, 5.74) is 13.3. The fourth-order valence-corrected chi connectivity index (χ4v) is 7.30. The van der Waals surface area contributed by atoms with Crippen molar-refractivity contribution in [3.05, 3.63) is 106 Å². The Balaban J connectivity index is 1.44. The second kappa shape index (κ2) is 9.28. The molecule has 0 saturated heterocycles. The third-order valence-electron chi connectivity index (χ3n) is 9.17. The maximum atomic E-state index is 11.3. The van der Waals surface area contributed by atoms with Gasteiger partial charge in [0.25, 0.3) is 0 Å². The number of nitrogen functional groups attached to an aromatic ring is 1. The summed E-state index contributed by atoms with van der Waals surface area (Å²) < 4.78 is 12.6. The number of hydrogen-bond acceptors (Lipinski definition) is 5. The molecule has 1 atom stereocenters. The minimum atomic E-state index is -0.961. The van der Waals surface area contributed by atoms with Gasteiger partial charge in [-0.1, -0.05) is 39.8 Å². The Morgan fingerprint density at radius 1 is 0.714 bits per heavy atom. The summed E-state index contributed by atoms with van der Waals surface area (Å²) in [5, 5.41) is 19.4. The molecule has 2 aliphatic carbocycles. The molecule has 0 saturated carbocycles. The van der Waals surface area contributed by atoms with Crippen molar-refractivity contribution in [3.63, 3.8) is 0 Å². The maximum absolute atomic E-state index is 11.3. The van der Waals surface area contributed by atoms with Crippen molar-refractivity contribution in [3.8, 4) is 28.7 Å². The molecule has 6 nitrogen and oxygen atoms in total. The first-order valence-corrected chi connectivity index (χ1v) is 14.3. The summed E-state index contributed by atoms with van der Waals surface area (Å²) in [5.74, 6) is 1.72. The maximum Gasteiger partial charge on any atom is 0.335 e. The molecule has 6 heteroatoms. The summed E-state index contributed by atoms with van der Waals surface area (Å²) in [6.07, 6.45) is 1.93. The first-order valence-electron chi connectivity index (χ1n) is 14.3. The molecule has 2 aliphatic rings. The molecule has 42 heavy (non-hydrogen) atoms. The summed E-state index contributed by atoms with van der Waals surface area (Å²) in [4.78, 5) is 11.3. The summed E-state index contributed by atoms with van der Waals surface area (Å²) >= 11 is 0. The van der Waals surface area contributed by atoms with Crippen molar-refractivity contribution in [2.75, 3.05) is 5.73 Å². The molecule has 4 aromatic rings. The minimum Gasteiger partial charge on any atom is -0.506 e. The van der Waals surface area contributed by atoms with Crippen LogP contribution in [-0.2, 0) is 16.2 Å². The van der Waals surface area contributed by atoms with Crippen LogP contribution in [0.2, 0.25) is 0 Å². The zero-order valence-electron chi connectivity index (χ0n) is 25.0. The number of nitrogens with two attached hydrogens (primary N) is 1. The van der Waals surface area contributed by atoms with Crippen LogP contribution in [0.1, 0.15) is 84.3 Å². The van der Waals surface area contributed by atoms with Gasteiger partial charge in [0.15, 0.2) is 0 Å². The molecule has 1 spiro atoms. The fraction of sp³-hybridized carbons (Fsp3) is 0.306. The van der Waals surface area contributed by atoms with Crippen molar-refractivity contribution in [2.45, 2.75) is 70.6 Å². The van der Waals surface area contributed by atoms with Gasteiger partial charge in [0.1, 0.15) is 28.7 Å². The number of benzene rings is 4. The van der Waals surface area contributed by atoms with Gasteiger partial charge in [-0.15, -0.1) is 0 Å². The molecule has 4 aromatic carbocycles. The standard InChI is InChI=1S/C36H37NO5/c1-20-13-25-28(17-32(20)42-24-11-12-29(37)30(38)15-24)36(18-34(25,3)4)19-35(5,6)26-16-31(21(2)14-27(26)36)41-23-9-7-22(8-10-23)33(39)40/h7-17,38H,18-19,37H2,1-6H3,(H,39,40). The molecule has 0 radical (unpaired) electrons. The average molecular weight is 564 g/mol. The number of hydrogen-bond donors (Lipinski definition) is 3. The van der Waals surface area contributed by atoms with Crippen LogP contribution in [0.5, 0.6) is 28.7 Å². The number of ether oxygens (including phenoxy) is 2. The number of anilines is 1. The Kier molecular flexibility index (Phi) is 6.12. The molecule has 0 bridgehead atoms. The first-order chi connectivity index (χ1) is 19.7. The van der Waals surface area contributed by atoms with Crippen molar-refractivity contribution < 1.29 is 24.5 Å². The van der Waals surface area contributed by atoms with Crippen LogP contribution < -0.4 is 15.2 Å². The van der Waals surface area contributed by atoms with E-state index in [1.165, 1.54) is 22.3 Å². The number of phenols is 1. The Bertz CT molecular complexity index is 1750. The number of fused-ring (bicyclic) bond motifs is 4. The van der Waals surface area contributed by atoms with E-state index in [9.17, 15) is 15.0 Å². The number of phenolic OH excluding ortho intramolecular Hbond substituents is 1. The van der Waals surface area contributed by atoms with Gasteiger partial charge in [0, 0.05) is 11.5 Å². The average Bonchev–Trinajstić information content (AvgIpc) is 3.26. The smallest absolute Gasteiger partial charge is 0.335 e. The van der Waals surface area contributed by atoms with E-state index in [0.717, 1.165) is 35.5 Å². The number of carboxylic acid groups (broad SMARTS) is 1. The Morgan fingerprint density at radius 2 is 1.19 bits per heavy atom. The summed E-state index contributed by atoms with van der Waals surface area (Å²) in [6.45, 7) is 13.4. The third kappa shape index (κ3) is 4.37. The van der Waals surface area contributed by atoms with Gasteiger partial charge in [-0.3, -0.25) is 0 Å². The molecular formula is C36H37NO5. The van der Waals surface area contributed by atoms with Crippen LogP contribution in [0, 0.1) is 13.8 Å². The summed E-state index contributed by atoms with van der Waals surface area (Å²) in [6, 6.07) is 20.4. The van der Waals surface area contributed by atoms with E-state index < -0.39 is 5.97 Å². The van der Waals surface area contributed by atoms with Crippen LogP contribution in [0.15, 0.2) is 66.7 Å². The van der Waals surface area contributed by atoms with Gasteiger partial charge < -0.3 is 25.4 Å². The quantitative estimate of drug-likeness (QED) is 0.166. The van der Waals surface area contributed by atoms with E-state index in [0.29, 0.717) is 17.2 Å². The zero-order chi connectivity index (χ0) is 30.2. The second-order valence-electron chi connectivity index (χ2n) is 13.3. The highest BCUT2D eigenvalue weighted by Gasteiger charge is 2.56. The largest absolute Gasteiger partial charge is 0.506 e. The number of rotatable bonds is 5. The third-order valence-corrected chi connectivity index (χ3v) is 9.17. The van der Waals surface area contributed by atoms with E-state index in [4.69, 9.17) is 15.2 Å². The Morgan fingerprint density at radius 3 is 1.76 bits per heavy atom. The van der Waals surface area contributed by atoms with Crippen LogP contribution in [0.25, 0.3) is 0 Å². The number of aromatic carboxylic acids is 1.